The van der Waals surface area contributed by atoms with Gasteiger partial charge in [0.25, 0.3) is 0 Å². The van der Waals surface area contributed by atoms with E-state index in [1.54, 1.807) is 0 Å². The average molecular weight is 246 g/mol. The van der Waals surface area contributed by atoms with Crippen LogP contribution >= 0.6 is 0 Å². The summed E-state index contributed by atoms with van der Waals surface area (Å²) in [5.41, 5.74) is 1.19. The van der Waals surface area contributed by atoms with E-state index < -0.39 is 0 Å². The van der Waals surface area contributed by atoms with Crippen LogP contribution < -0.4 is 0 Å². The zero-order chi connectivity index (χ0) is 13.4. The van der Waals surface area contributed by atoms with Crippen molar-refractivity contribution in [3.05, 3.63) is 35.9 Å². The molecule has 1 aromatic carbocycles. The molecule has 1 nitrogen and oxygen atoms in total. The molecule has 0 spiro atoms. The Morgan fingerprint density at radius 1 is 1.11 bits per heavy atom. The summed E-state index contributed by atoms with van der Waals surface area (Å²) in [4.78, 5) is 12.4. The molecule has 0 fully saturated rings. The van der Waals surface area contributed by atoms with Gasteiger partial charge in [-0.25, -0.2) is 0 Å². The number of ketones is 1. The Balaban J connectivity index is 2.76. The molecule has 0 saturated heterocycles. The predicted molar refractivity (Wildman–Crippen MR) is 77.8 cm³/mol. The molecule has 0 amide bonds. The van der Waals surface area contributed by atoms with E-state index in [1.165, 1.54) is 12.0 Å². The van der Waals surface area contributed by atoms with Gasteiger partial charge in [0.2, 0.25) is 0 Å². The lowest BCUT2D eigenvalue weighted by molar-refractivity contribution is -0.121. The summed E-state index contributed by atoms with van der Waals surface area (Å²) < 4.78 is 0. The molecule has 0 heterocycles. The molecule has 0 N–H and O–H groups in total. The van der Waals surface area contributed by atoms with Crippen LogP contribution in [0, 0.1) is 5.92 Å². The minimum atomic E-state index is 0.0908. The van der Waals surface area contributed by atoms with Crippen molar-refractivity contribution < 1.29 is 4.79 Å². The second-order valence-corrected chi connectivity index (χ2v) is 5.20. The van der Waals surface area contributed by atoms with Gasteiger partial charge in [0.15, 0.2) is 0 Å². The third kappa shape index (κ3) is 4.29. The molecule has 2 unspecified atom stereocenters. The highest BCUT2D eigenvalue weighted by atomic mass is 16.1. The molecule has 1 heteroatoms. The van der Waals surface area contributed by atoms with Crippen LogP contribution in [0.5, 0.6) is 0 Å². The fourth-order valence-electron chi connectivity index (χ4n) is 2.43. The molecule has 1 rings (SSSR count). The minimum Gasteiger partial charge on any atom is -0.299 e. The lowest BCUT2D eigenvalue weighted by Gasteiger charge is -2.22. The number of hydrogen-bond acceptors (Lipinski definition) is 1. The van der Waals surface area contributed by atoms with Crippen LogP contribution in [0.3, 0.4) is 0 Å². The van der Waals surface area contributed by atoms with Crippen molar-refractivity contribution in [3.8, 4) is 0 Å². The van der Waals surface area contributed by atoms with Gasteiger partial charge in [0.1, 0.15) is 5.78 Å². The van der Waals surface area contributed by atoms with Gasteiger partial charge in [-0.3, -0.25) is 4.79 Å². The molecular weight excluding hydrogens is 220 g/mol. The summed E-state index contributed by atoms with van der Waals surface area (Å²) in [6.45, 7) is 6.53. The van der Waals surface area contributed by atoms with Crippen molar-refractivity contribution in [2.45, 2.75) is 58.8 Å². The van der Waals surface area contributed by atoms with Crippen molar-refractivity contribution in [1.29, 1.82) is 0 Å². The first-order valence-corrected chi connectivity index (χ1v) is 7.28. The van der Waals surface area contributed by atoms with Gasteiger partial charge in [0, 0.05) is 12.3 Å². The molecule has 2 atom stereocenters. The summed E-state index contributed by atoms with van der Waals surface area (Å²) in [5.74, 6) is 0.943. The molecule has 0 aliphatic carbocycles. The van der Waals surface area contributed by atoms with Gasteiger partial charge in [-0.1, -0.05) is 70.4 Å². The number of Topliss-reactive ketones (excluding diaryl/α,β-unsaturated/α-hetero) is 1. The van der Waals surface area contributed by atoms with Crippen LogP contribution in [0.1, 0.15) is 64.4 Å². The number of rotatable bonds is 8. The SMILES string of the molecule is CCCCCC(=O)C(c1ccccc1)C(C)CC. The van der Waals surface area contributed by atoms with Crippen molar-refractivity contribution >= 4 is 5.78 Å². The first-order valence-electron chi connectivity index (χ1n) is 7.28. The van der Waals surface area contributed by atoms with Gasteiger partial charge in [-0.2, -0.15) is 0 Å². The van der Waals surface area contributed by atoms with Crippen molar-refractivity contribution in [3.63, 3.8) is 0 Å². The second-order valence-electron chi connectivity index (χ2n) is 5.20. The molecule has 100 valence electrons. The second kappa shape index (κ2) is 8.07. The van der Waals surface area contributed by atoms with Gasteiger partial charge < -0.3 is 0 Å². The Bertz CT molecular complexity index is 342. The van der Waals surface area contributed by atoms with E-state index in [-0.39, 0.29) is 5.92 Å². The maximum Gasteiger partial charge on any atom is 0.140 e. The lowest BCUT2D eigenvalue weighted by Crippen LogP contribution is -2.19. The van der Waals surface area contributed by atoms with Crippen LogP contribution in [-0.2, 0) is 4.79 Å². The van der Waals surface area contributed by atoms with Gasteiger partial charge in [0.05, 0.1) is 0 Å². The lowest BCUT2D eigenvalue weighted by atomic mass is 9.81. The van der Waals surface area contributed by atoms with Crippen molar-refractivity contribution in [2.24, 2.45) is 5.92 Å². The Hall–Kier alpha value is -1.11. The third-order valence-corrected chi connectivity index (χ3v) is 3.75. The van der Waals surface area contributed by atoms with Crippen LogP contribution in [0.2, 0.25) is 0 Å². The van der Waals surface area contributed by atoms with Gasteiger partial charge in [-0.15, -0.1) is 0 Å². The molecule has 0 saturated carbocycles. The van der Waals surface area contributed by atoms with Crippen LogP contribution in [-0.4, -0.2) is 5.78 Å². The third-order valence-electron chi connectivity index (χ3n) is 3.75. The maximum atomic E-state index is 12.4. The molecule has 0 aliphatic heterocycles. The largest absolute Gasteiger partial charge is 0.299 e. The predicted octanol–water partition coefficient (Wildman–Crippen LogP) is 4.97. The number of carbonyl (C=O) groups is 1. The van der Waals surface area contributed by atoms with E-state index in [0.29, 0.717) is 11.7 Å². The summed E-state index contributed by atoms with van der Waals surface area (Å²) in [6.07, 6.45) is 5.16. The monoisotopic (exact) mass is 246 g/mol. The highest BCUT2D eigenvalue weighted by molar-refractivity contribution is 5.86. The van der Waals surface area contributed by atoms with E-state index in [2.05, 4.69) is 32.9 Å². The quantitative estimate of drug-likeness (QED) is 0.592. The normalized spacial score (nSPS) is 14.2. The Kier molecular flexibility index (Phi) is 6.70. The minimum absolute atomic E-state index is 0.0908. The average Bonchev–Trinajstić information content (AvgIpc) is 2.40. The van der Waals surface area contributed by atoms with Crippen LogP contribution in [0.25, 0.3) is 0 Å². The fourth-order valence-corrected chi connectivity index (χ4v) is 2.43. The van der Waals surface area contributed by atoms with Crippen molar-refractivity contribution in [1.82, 2.24) is 0 Å². The molecule has 1 aromatic rings. The van der Waals surface area contributed by atoms with E-state index >= 15 is 0 Å². The first kappa shape index (κ1) is 14.9. The molecule has 18 heavy (non-hydrogen) atoms. The van der Waals surface area contributed by atoms with Crippen LogP contribution in [0.15, 0.2) is 30.3 Å². The molecule has 0 bridgehead atoms. The zero-order valence-electron chi connectivity index (χ0n) is 12.0. The number of benzene rings is 1. The van der Waals surface area contributed by atoms with Gasteiger partial charge >= 0.3 is 0 Å². The zero-order valence-corrected chi connectivity index (χ0v) is 12.0. The highest BCUT2D eigenvalue weighted by Gasteiger charge is 2.24. The smallest absolute Gasteiger partial charge is 0.140 e. The standard InChI is InChI=1S/C17H26O/c1-4-6-8-13-16(18)17(14(3)5-2)15-11-9-7-10-12-15/h7,9-12,14,17H,4-6,8,13H2,1-3H3. The summed E-state index contributed by atoms with van der Waals surface area (Å²) in [6, 6.07) is 10.3. The van der Waals surface area contributed by atoms with E-state index in [1.807, 2.05) is 18.2 Å². The molecular formula is C17H26O. The number of carbonyl (C=O) groups excluding carboxylic acids is 1. The van der Waals surface area contributed by atoms with E-state index in [0.717, 1.165) is 25.7 Å². The van der Waals surface area contributed by atoms with E-state index in [4.69, 9.17) is 0 Å². The molecule has 0 radical (unpaired) electrons. The topological polar surface area (TPSA) is 17.1 Å². The first-order chi connectivity index (χ1) is 8.70. The molecule has 0 aromatic heterocycles. The summed E-state index contributed by atoms with van der Waals surface area (Å²) in [7, 11) is 0. The summed E-state index contributed by atoms with van der Waals surface area (Å²) >= 11 is 0. The highest BCUT2D eigenvalue weighted by Crippen LogP contribution is 2.29. The Morgan fingerprint density at radius 2 is 1.78 bits per heavy atom. The maximum absolute atomic E-state index is 12.4. The molecule has 0 aliphatic rings. The van der Waals surface area contributed by atoms with Crippen molar-refractivity contribution in [2.75, 3.05) is 0 Å². The van der Waals surface area contributed by atoms with E-state index in [9.17, 15) is 4.79 Å². The Morgan fingerprint density at radius 3 is 2.33 bits per heavy atom. The fraction of sp³-hybridized carbons (Fsp3) is 0.588. The Labute approximate surface area is 112 Å². The van der Waals surface area contributed by atoms with Gasteiger partial charge in [-0.05, 0) is 17.9 Å². The van der Waals surface area contributed by atoms with Crippen LogP contribution in [0.4, 0.5) is 0 Å². The number of hydrogen-bond donors (Lipinski definition) is 0. The number of unbranched alkanes of at least 4 members (excludes halogenated alkanes) is 2. The summed E-state index contributed by atoms with van der Waals surface area (Å²) in [5, 5.41) is 0.